The van der Waals surface area contributed by atoms with E-state index < -0.39 is 0 Å². The standard InChI is InChI=1S/C17H21NO4/c1-13(19)18-12-4-3-5-14-6-8-15(9-7-14)16(20)10-11-17(21)22-2/h3,5-9H,4,10-12H2,1-2H3,(H,18,19). The summed E-state index contributed by atoms with van der Waals surface area (Å²) in [5.74, 6) is -0.498. The third-order valence-electron chi connectivity index (χ3n) is 3.01. The summed E-state index contributed by atoms with van der Waals surface area (Å²) in [5.41, 5.74) is 1.56. The number of hydrogen-bond acceptors (Lipinski definition) is 4. The number of methoxy groups -OCH3 is 1. The van der Waals surface area contributed by atoms with Gasteiger partial charge >= 0.3 is 5.97 Å². The van der Waals surface area contributed by atoms with Gasteiger partial charge in [0.05, 0.1) is 13.5 Å². The summed E-state index contributed by atoms with van der Waals surface area (Å²) in [6.45, 7) is 2.09. The smallest absolute Gasteiger partial charge is 0.305 e. The van der Waals surface area contributed by atoms with Crippen molar-refractivity contribution in [2.24, 2.45) is 0 Å². The molecule has 0 spiro atoms. The molecule has 0 aromatic heterocycles. The molecule has 1 aromatic carbocycles. The molecule has 1 rings (SSSR count). The van der Waals surface area contributed by atoms with E-state index in [9.17, 15) is 14.4 Å². The minimum Gasteiger partial charge on any atom is -0.469 e. The molecule has 5 nitrogen and oxygen atoms in total. The zero-order valence-corrected chi connectivity index (χ0v) is 12.9. The van der Waals surface area contributed by atoms with Crippen LogP contribution in [0.2, 0.25) is 0 Å². The Balaban J connectivity index is 2.45. The van der Waals surface area contributed by atoms with Crippen molar-refractivity contribution < 1.29 is 19.1 Å². The summed E-state index contributed by atoms with van der Waals surface area (Å²) in [6.07, 6.45) is 4.90. The van der Waals surface area contributed by atoms with Gasteiger partial charge in [-0.15, -0.1) is 0 Å². The maximum atomic E-state index is 11.9. The van der Waals surface area contributed by atoms with Crippen LogP contribution in [-0.4, -0.2) is 31.3 Å². The second kappa shape index (κ2) is 9.50. The lowest BCUT2D eigenvalue weighted by Gasteiger charge is -2.01. The van der Waals surface area contributed by atoms with Gasteiger partial charge in [0.15, 0.2) is 5.78 Å². The molecular formula is C17H21NO4. The Bertz CT molecular complexity index is 546. The van der Waals surface area contributed by atoms with Gasteiger partial charge in [0.25, 0.3) is 0 Å². The minimum atomic E-state index is -0.382. The van der Waals surface area contributed by atoms with Crippen LogP contribution in [0.5, 0.6) is 0 Å². The fourth-order valence-electron chi connectivity index (χ4n) is 1.79. The SMILES string of the molecule is COC(=O)CCC(=O)c1ccc(C=CCCNC(C)=O)cc1. The van der Waals surface area contributed by atoms with Gasteiger partial charge in [-0.3, -0.25) is 14.4 Å². The van der Waals surface area contributed by atoms with Gasteiger partial charge in [-0.05, 0) is 12.0 Å². The quantitative estimate of drug-likeness (QED) is 0.454. The first-order chi connectivity index (χ1) is 10.5. The van der Waals surface area contributed by atoms with Crippen LogP contribution in [0.1, 0.15) is 42.1 Å². The molecule has 0 saturated heterocycles. The van der Waals surface area contributed by atoms with Gasteiger partial charge < -0.3 is 10.1 Å². The Labute approximate surface area is 130 Å². The molecule has 0 saturated carbocycles. The topological polar surface area (TPSA) is 72.5 Å². The van der Waals surface area contributed by atoms with E-state index in [1.54, 1.807) is 12.1 Å². The van der Waals surface area contributed by atoms with Crippen LogP contribution in [0.15, 0.2) is 30.3 Å². The van der Waals surface area contributed by atoms with Crippen molar-refractivity contribution in [1.29, 1.82) is 0 Å². The number of carbonyl (C=O) groups excluding carboxylic acids is 3. The molecular weight excluding hydrogens is 282 g/mol. The average molecular weight is 303 g/mol. The Kier molecular flexibility index (Phi) is 7.61. The van der Waals surface area contributed by atoms with Crippen molar-refractivity contribution in [2.45, 2.75) is 26.2 Å². The van der Waals surface area contributed by atoms with Crippen LogP contribution < -0.4 is 5.32 Å². The molecule has 0 heterocycles. The highest BCUT2D eigenvalue weighted by atomic mass is 16.5. The molecule has 0 fully saturated rings. The number of rotatable bonds is 8. The van der Waals surface area contributed by atoms with Gasteiger partial charge in [0, 0.05) is 25.5 Å². The molecule has 5 heteroatoms. The van der Waals surface area contributed by atoms with Gasteiger partial charge in [-0.2, -0.15) is 0 Å². The summed E-state index contributed by atoms with van der Waals surface area (Å²) in [7, 11) is 1.31. The maximum absolute atomic E-state index is 11.9. The van der Waals surface area contributed by atoms with Crippen LogP contribution >= 0.6 is 0 Å². The second-order valence-electron chi connectivity index (χ2n) is 4.80. The van der Waals surface area contributed by atoms with Crippen molar-refractivity contribution in [3.05, 3.63) is 41.5 Å². The summed E-state index contributed by atoms with van der Waals surface area (Å²) in [6, 6.07) is 7.18. The number of esters is 1. The second-order valence-corrected chi connectivity index (χ2v) is 4.80. The van der Waals surface area contributed by atoms with Crippen molar-refractivity contribution in [3.8, 4) is 0 Å². The van der Waals surface area contributed by atoms with Crippen molar-refractivity contribution in [2.75, 3.05) is 13.7 Å². The number of nitrogens with one attached hydrogen (secondary N) is 1. The van der Waals surface area contributed by atoms with Gasteiger partial charge in [0.1, 0.15) is 0 Å². The molecule has 1 aromatic rings. The van der Waals surface area contributed by atoms with E-state index in [-0.39, 0.29) is 30.5 Å². The maximum Gasteiger partial charge on any atom is 0.305 e. The van der Waals surface area contributed by atoms with Crippen LogP contribution in [0, 0.1) is 0 Å². The first-order valence-corrected chi connectivity index (χ1v) is 7.14. The summed E-state index contributed by atoms with van der Waals surface area (Å²) in [5, 5.41) is 2.71. The molecule has 0 atom stereocenters. The Morgan fingerprint density at radius 2 is 1.82 bits per heavy atom. The van der Waals surface area contributed by atoms with E-state index in [0.29, 0.717) is 12.1 Å². The zero-order chi connectivity index (χ0) is 16.4. The number of benzene rings is 1. The Hall–Kier alpha value is -2.43. The highest BCUT2D eigenvalue weighted by Gasteiger charge is 2.08. The van der Waals surface area contributed by atoms with Gasteiger partial charge in [-0.25, -0.2) is 0 Å². The lowest BCUT2D eigenvalue weighted by atomic mass is 10.0. The third kappa shape index (κ3) is 6.83. The van der Waals surface area contributed by atoms with E-state index in [4.69, 9.17) is 0 Å². The highest BCUT2D eigenvalue weighted by Crippen LogP contribution is 2.10. The largest absolute Gasteiger partial charge is 0.469 e. The van der Waals surface area contributed by atoms with E-state index in [1.807, 2.05) is 24.3 Å². The molecule has 0 aliphatic carbocycles. The van der Waals surface area contributed by atoms with E-state index in [0.717, 1.165) is 12.0 Å². The monoisotopic (exact) mass is 303 g/mol. The van der Waals surface area contributed by atoms with Crippen LogP contribution in [0.3, 0.4) is 0 Å². The molecule has 22 heavy (non-hydrogen) atoms. The number of carbonyl (C=O) groups is 3. The number of Topliss-reactive ketones (excluding diaryl/α,β-unsaturated/α-hetero) is 1. The molecule has 0 aliphatic rings. The minimum absolute atomic E-state index is 0.0387. The molecule has 0 radical (unpaired) electrons. The molecule has 1 amide bonds. The summed E-state index contributed by atoms with van der Waals surface area (Å²) < 4.78 is 4.51. The van der Waals surface area contributed by atoms with Crippen molar-refractivity contribution in [3.63, 3.8) is 0 Å². The predicted molar refractivity (Wildman–Crippen MR) is 84.4 cm³/mol. The number of ether oxygens (including phenoxy) is 1. The molecule has 0 bridgehead atoms. The number of hydrogen-bond donors (Lipinski definition) is 1. The Morgan fingerprint density at radius 3 is 2.41 bits per heavy atom. The van der Waals surface area contributed by atoms with Crippen LogP contribution in [0.25, 0.3) is 6.08 Å². The van der Waals surface area contributed by atoms with Crippen molar-refractivity contribution in [1.82, 2.24) is 5.32 Å². The molecule has 0 aliphatic heterocycles. The normalized spacial score (nSPS) is 10.5. The lowest BCUT2D eigenvalue weighted by molar-refractivity contribution is -0.140. The average Bonchev–Trinajstić information content (AvgIpc) is 2.52. The van der Waals surface area contributed by atoms with Crippen molar-refractivity contribution >= 4 is 23.7 Å². The summed E-state index contributed by atoms with van der Waals surface area (Å²) in [4.78, 5) is 33.6. The number of amides is 1. The van der Waals surface area contributed by atoms with E-state index >= 15 is 0 Å². The van der Waals surface area contributed by atoms with Gasteiger partial charge in [0.2, 0.25) is 5.91 Å². The lowest BCUT2D eigenvalue weighted by Crippen LogP contribution is -2.20. The predicted octanol–water partition coefficient (Wildman–Crippen LogP) is 2.36. The third-order valence-corrected chi connectivity index (χ3v) is 3.01. The first kappa shape index (κ1) is 17.6. The Morgan fingerprint density at radius 1 is 1.14 bits per heavy atom. The van der Waals surface area contributed by atoms with Gasteiger partial charge in [-0.1, -0.05) is 36.4 Å². The first-order valence-electron chi connectivity index (χ1n) is 7.14. The fourth-order valence-corrected chi connectivity index (χ4v) is 1.79. The molecule has 118 valence electrons. The molecule has 0 unspecified atom stereocenters. The van der Waals surface area contributed by atoms with Crippen LogP contribution in [-0.2, 0) is 14.3 Å². The summed E-state index contributed by atoms with van der Waals surface area (Å²) >= 11 is 0. The zero-order valence-electron chi connectivity index (χ0n) is 12.9. The molecule has 1 N–H and O–H groups in total. The fraction of sp³-hybridized carbons (Fsp3) is 0.353. The highest BCUT2D eigenvalue weighted by molar-refractivity contribution is 5.97. The van der Waals surface area contributed by atoms with E-state index in [2.05, 4.69) is 10.1 Å². The van der Waals surface area contributed by atoms with Crippen LogP contribution in [0.4, 0.5) is 0 Å². The van der Waals surface area contributed by atoms with E-state index in [1.165, 1.54) is 14.0 Å². The number of ketones is 1.